The van der Waals surface area contributed by atoms with Gasteiger partial charge in [-0.2, -0.15) is 10.2 Å². The van der Waals surface area contributed by atoms with Crippen molar-refractivity contribution in [3.8, 4) is 0 Å². The summed E-state index contributed by atoms with van der Waals surface area (Å²) in [5.41, 5.74) is 4.00. The molecular weight excluding hydrogens is 154 g/mol. The number of carbonyl (C=O) groups excluding carboxylic acids is 1. The third kappa shape index (κ3) is 1.03. The van der Waals surface area contributed by atoms with Crippen molar-refractivity contribution in [1.82, 2.24) is 0 Å². The van der Waals surface area contributed by atoms with E-state index in [4.69, 9.17) is 5.73 Å². The van der Waals surface area contributed by atoms with Crippen molar-refractivity contribution in [3.63, 3.8) is 0 Å². The topological polar surface area (TPSA) is 67.8 Å². The summed E-state index contributed by atoms with van der Waals surface area (Å²) >= 11 is 0. The van der Waals surface area contributed by atoms with Gasteiger partial charge in [-0.25, -0.2) is 0 Å². The molecular formula is C8H13N3O. The largest absolute Gasteiger partial charge is 0.367 e. The molecule has 2 N–H and O–H groups in total. The molecule has 0 fully saturated rings. The van der Waals surface area contributed by atoms with E-state index in [9.17, 15) is 4.79 Å². The first kappa shape index (κ1) is 8.90. The van der Waals surface area contributed by atoms with Gasteiger partial charge in [0.2, 0.25) is 0 Å². The second-order valence-electron chi connectivity index (χ2n) is 3.91. The van der Waals surface area contributed by atoms with Gasteiger partial charge in [0, 0.05) is 11.6 Å². The number of amides is 1. The molecule has 12 heavy (non-hydrogen) atoms. The number of nitrogens with zero attached hydrogens (tertiary/aromatic N) is 2. The second-order valence-corrected chi connectivity index (χ2v) is 3.91. The Labute approximate surface area is 71.5 Å². The lowest BCUT2D eigenvalue weighted by Crippen LogP contribution is -2.49. The molecule has 0 aromatic rings. The summed E-state index contributed by atoms with van der Waals surface area (Å²) in [6.07, 6.45) is 3.16. The predicted octanol–water partition coefficient (Wildman–Crippen LogP) is 1.24. The third-order valence-electron chi connectivity index (χ3n) is 2.12. The zero-order chi connectivity index (χ0) is 9.41. The zero-order valence-electron chi connectivity index (χ0n) is 7.53. The number of primary amides is 1. The van der Waals surface area contributed by atoms with Crippen LogP contribution < -0.4 is 5.73 Å². The summed E-state index contributed by atoms with van der Waals surface area (Å²) in [6.45, 7) is 5.73. The van der Waals surface area contributed by atoms with E-state index in [2.05, 4.69) is 10.2 Å². The highest BCUT2D eigenvalue weighted by molar-refractivity contribution is 5.88. The Morgan fingerprint density at radius 3 is 2.25 bits per heavy atom. The van der Waals surface area contributed by atoms with Gasteiger partial charge in [-0.1, -0.05) is 20.8 Å². The molecule has 1 rings (SSSR count). The molecule has 4 heteroatoms. The Kier molecular flexibility index (Phi) is 1.78. The van der Waals surface area contributed by atoms with Crippen molar-refractivity contribution >= 4 is 5.91 Å². The van der Waals surface area contributed by atoms with Crippen LogP contribution in [0.25, 0.3) is 0 Å². The maximum absolute atomic E-state index is 11.2. The van der Waals surface area contributed by atoms with Gasteiger partial charge in [-0.05, 0) is 6.08 Å². The van der Waals surface area contributed by atoms with E-state index in [1.54, 1.807) is 6.08 Å². The molecule has 1 unspecified atom stereocenters. The van der Waals surface area contributed by atoms with Gasteiger partial charge in [-0.15, -0.1) is 0 Å². The molecule has 1 amide bonds. The number of hydrogen-bond acceptors (Lipinski definition) is 3. The van der Waals surface area contributed by atoms with Crippen LogP contribution in [0, 0.1) is 5.41 Å². The smallest absolute Gasteiger partial charge is 0.251 e. The van der Waals surface area contributed by atoms with Crippen molar-refractivity contribution in [3.05, 3.63) is 12.3 Å². The highest BCUT2D eigenvalue weighted by atomic mass is 16.1. The molecule has 0 aromatic heterocycles. The first-order valence-corrected chi connectivity index (χ1v) is 3.80. The summed E-state index contributed by atoms with van der Waals surface area (Å²) in [5.74, 6) is -0.451. The minimum absolute atomic E-state index is 0.324. The quantitative estimate of drug-likeness (QED) is 0.627. The van der Waals surface area contributed by atoms with Gasteiger partial charge in [0.25, 0.3) is 5.91 Å². The molecule has 66 valence electrons. The maximum Gasteiger partial charge on any atom is 0.251 e. The fraction of sp³-hybridized carbons (Fsp3) is 0.625. The van der Waals surface area contributed by atoms with Crippen LogP contribution in [-0.4, -0.2) is 11.4 Å². The predicted molar refractivity (Wildman–Crippen MR) is 45.4 cm³/mol. The summed E-state index contributed by atoms with van der Waals surface area (Å²) in [7, 11) is 0. The average molecular weight is 167 g/mol. The molecule has 0 aromatic carbocycles. The van der Waals surface area contributed by atoms with Crippen LogP contribution in [0.2, 0.25) is 0 Å². The van der Waals surface area contributed by atoms with Crippen molar-refractivity contribution in [2.75, 3.05) is 0 Å². The van der Waals surface area contributed by atoms with E-state index in [0.717, 1.165) is 0 Å². The maximum atomic E-state index is 11.2. The SMILES string of the molecule is CC(C)(C)C1(C(N)=O)C=CN=N1. The van der Waals surface area contributed by atoms with Crippen LogP contribution in [0.4, 0.5) is 0 Å². The van der Waals surface area contributed by atoms with Crippen molar-refractivity contribution in [1.29, 1.82) is 0 Å². The number of azo groups is 1. The van der Waals surface area contributed by atoms with Crippen LogP contribution in [-0.2, 0) is 4.79 Å². The summed E-state index contributed by atoms with van der Waals surface area (Å²) in [4.78, 5) is 11.2. The van der Waals surface area contributed by atoms with Crippen LogP contribution in [0.3, 0.4) is 0 Å². The lowest BCUT2D eigenvalue weighted by atomic mass is 9.74. The van der Waals surface area contributed by atoms with Crippen LogP contribution in [0.15, 0.2) is 22.5 Å². The van der Waals surface area contributed by atoms with E-state index in [1.165, 1.54) is 6.20 Å². The number of rotatable bonds is 1. The zero-order valence-corrected chi connectivity index (χ0v) is 7.53. The molecule has 4 nitrogen and oxygen atoms in total. The molecule has 1 atom stereocenters. The Balaban J connectivity index is 3.14. The Morgan fingerprint density at radius 1 is 1.50 bits per heavy atom. The minimum atomic E-state index is -0.951. The van der Waals surface area contributed by atoms with Crippen molar-refractivity contribution < 1.29 is 4.79 Å². The Hall–Kier alpha value is -1.19. The fourth-order valence-electron chi connectivity index (χ4n) is 1.20. The molecule has 0 spiro atoms. The molecule has 0 radical (unpaired) electrons. The van der Waals surface area contributed by atoms with Gasteiger partial charge < -0.3 is 5.73 Å². The summed E-state index contributed by atoms with van der Waals surface area (Å²) in [6, 6.07) is 0. The van der Waals surface area contributed by atoms with Gasteiger partial charge in [0.05, 0.1) is 0 Å². The van der Waals surface area contributed by atoms with Gasteiger partial charge >= 0.3 is 0 Å². The van der Waals surface area contributed by atoms with E-state index >= 15 is 0 Å². The lowest BCUT2D eigenvalue weighted by Gasteiger charge is -2.32. The Bertz CT molecular complexity index is 248. The summed E-state index contributed by atoms with van der Waals surface area (Å²) < 4.78 is 0. The van der Waals surface area contributed by atoms with Crippen LogP contribution >= 0.6 is 0 Å². The number of hydrogen-bond donors (Lipinski definition) is 1. The highest BCUT2D eigenvalue weighted by Gasteiger charge is 2.47. The van der Waals surface area contributed by atoms with Crippen LogP contribution in [0.5, 0.6) is 0 Å². The van der Waals surface area contributed by atoms with Crippen molar-refractivity contribution in [2.45, 2.75) is 26.3 Å². The fourth-order valence-corrected chi connectivity index (χ4v) is 1.20. The number of nitrogens with two attached hydrogens (primary N) is 1. The van der Waals surface area contributed by atoms with Crippen molar-refractivity contribution in [2.24, 2.45) is 21.4 Å². The Morgan fingerprint density at radius 2 is 2.08 bits per heavy atom. The van der Waals surface area contributed by atoms with E-state index in [-0.39, 0.29) is 5.41 Å². The lowest BCUT2D eigenvalue weighted by molar-refractivity contribution is -0.124. The molecule has 1 aliphatic heterocycles. The van der Waals surface area contributed by atoms with E-state index < -0.39 is 11.4 Å². The van der Waals surface area contributed by atoms with E-state index in [0.29, 0.717) is 0 Å². The standard InChI is InChI=1S/C8H13N3O/c1-7(2,3)8(6(9)12)4-5-10-11-8/h4-5H,1-3H3,(H2,9,12). The highest BCUT2D eigenvalue weighted by Crippen LogP contribution is 2.37. The first-order chi connectivity index (χ1) is 5.40. The molecule has 0 saturated carbocycles. The molecule has 0 saturated heterocycles. The molecule has 1 heterocycles. The summed E-state index contributed by atoms with van der Waals surface area (Å²) in [5, 5.41) is 7.55. The molecule has 1 aliphatic rings. The normalized spacial score (nSPS) is 27.9. The number of carbonyl (C=O) groups is 1. The monoisotopic (exact) mass is 167 g/mol. The minimum Gasteiger partial charge on any atom is -0.367 e. The second kappa shape index (κ2) is 2.40. The van der Waals surface area contributed by atoms with Crippen LogP contribution in [0.1, 0.15) is 20.8 Å². The first-order valence-electron chi connectivity index (χ1n) is 3.80. The molecule has 0 bridgehead atoms. The molecule has 0 aliphatic carbocycles. The van der Waals surface area contributed by atoms with E-state index in [1.807, 2.05) is 20.8 Å². The van der Waals surface area contributed by atoms with Gasteiger partial charge in [0.15, 0.2) is 5.54 Å². The van der Waals surface area contributed by atoms with Gasteiger partial charge in [-0.3, -0.25) is 4.79 Å². The van der Waals surface area contributed by atoms with Gasteiger partial charge in [0.1, 0.15) is 0 Å². The third-order valence-corrected chi connectivity index (χ3v) is 2.12. The average Bonchev–Trinajstić information content (AvgIpc) is 2.31.